The van der Waals surface area contributed by atoms with Crippen LogP contribution in [-0.2, 0) is 0 Å². The van der Waals surface area contributed by atoms with E-state index in [1.807, 2.05) is 13.0 Å². The molecule has 0 aliphatic carbocycles. The Hall–Kier alpha value is -1.51. The Balaban J connectivity index is 3.05. The third kappa shape index (κ3) is 1.70. The van der Waals surface area contributed by atoms with Crippen LogP contribution in [0.2, 0.25) is 0 Å². The van der Waals surface area contributed by atoms with Gasteiger partial charge in [-0.25, -0.2) is 0 Å². The van der Waals surface area contributed by atoms with Gasteiger partial charge in [-0.05, 0) is 19.1 Å². The molecule has 0 N–H and O–H groups in total. The molecule has 3 heteroatoms. The number of rotatable bonds is 1. The molecule has 56 valence electrons. The smallest absolute Gasteiger partial charge is 0.263 e. The average Bonchev–Trinajstić information content (AvgIpc) is 2.03. The van der Waals surface area contributed by atoms with Crippen molar-refractivity contribution in [1.29, 1.82) is 0 Å². The Labute approximate surface area is 64.0 Å². The van der Waals surface area contributed by atoms with Gasteiger partial charge in [0.15, 0.2) is 0 Å². The highest BCUT2D eigenvalue weighted by atomic mass is 16.3. The predicted octanol–water partition coefficient (Wildman–Crippen LogP) is 1.90. The second-order valence-electron chi connectivity index (χ2n) is 2.27. The van der Waals surface area contributed by atoms with Gasteiger partial charge >= 0.3 is 5.91 Å². The van der Waals surface area contributed by atoms with E-state index in [-0.39, 0.29) is 0 Å². The monoisotopic (exact) mass is 149 g/mol. The first-order chi connectivity index (χ1) is 5.24. The summed E-state index contributed by atoms with van der Waals surface area (Å²) in [7, 11) is 0. The topological polar surface area (TPSA) is 46.5 Å². The number of benzene rings is 1. The SMILES string of the molecule is Cc1cccc(C(=O)N=O)c1. The molecule has 11 heavy (non-hydrogen) atoms. The molecule has 0 spiro atoms. The summed E-state index contributed by atoms with van der Waals surface area (Å²) in [4.78, 5) is 20.5. The second kappa shape index (κ2) is 3.05. The largest absolute Gasteiger partial charge is 0.316 e. The van der Waals surface area contributed by atoms with Crippen LogP contribution in [0, 0.1) is 11.8 Å². The van der Waals surface area contributed by atoms with E-state index in [2.05, 4.69) is 5.18 Å². The molecule has 1 aromatic rings. The van der Waals surface area contributed by atoms with E-state index in [0.717, 1.165) is 5.56 Å². The van der Waals surface area contributed by atoms with Gasteiger partial charge in [0, 0.05) is 10.7 Å². The van der Waals surface area contributed by atoms with Crippen molar-refractivity contribution in [1.82, 2.24) is 0 Å². The Bertz CT molecular complexity index is 294. The Morgan fingerprint density at radius 1 is 1.45 bits per heavy atom. The lowest BCUT2D eigenvalue weighted by atomic mass is 10.1. The van der Waals surface area contributed by atoms with E-state index < -0.39 is 5.91 Å². The van der Waals surface area contributed by atoms with Crippen LogP contribution in [0.25, 0.3) is 0 Å². The van der Waals surface area contributed by atoms with Crippen molar-refractivity contribution < 1.29 is 4.79 Å². The van der Waals surface area contributed by atoms with E-state index in [4.69, 9.17) is 0 Å². The van der Waals surface area contributed by atoms with Gasteiger partial charge in [-0.3, -0.25) is 4.79 Å². The van der Waals surface area contributed by atoms with Crippen LogP contribution in [0.3, 0.4) is 0 Å². The number of aryl methyl sites for hydroxylation is 1. The summed E-state index contributed by atoms with van der Waals surface area (Å²) in [5, 5.41) is 2.31. The number of hydrogen-bond acceptors (Lipinski definition) is 2. The minimum absolute atomic E-state index is 0.347. The van der Waals surface area contributed by atoms with E-state index in [1.54, 1.807) is 18.2 Å². The van der Waals surface area contributed by atoms with Crippen LogP contribution >= 0.6 is 0 Å². The third-order valence-corrected chi connectivity index (χ3v) is 1.35. The molecule has 1 aromatic carbocycles. The molecule has 0 unspecified atom stereocenters. The fourth-order valence-corrected chi connectivity index (χ4v) is 0.831. The first kappa shape index (κ1) is 7.60. The lowest BCUT2D eigenvalue weighted by Gasteiger charge is -1.93. The first-order valence-electron chi connectivity index (χ1n) is 3.18. The Morgan fingerprint density at radius 2 is 2.18 bits per heavy atom. The van der Waals surface area contributed by atoms with Crippen molar-refractivity contribution in [3.63, 3.8) is 0 Å². The van der Waals surface area contributed by atoms with Crippen LogP contribution < -0.4 is 0 Å². The van der Waals surface area contributed by atoms with Crippen LogP contribution in [-0.4, -0.2) is 5.91 Å². The summed E-state index contributed by atoms with van der Waals surface area (Å²) in [6, 6.07) is 6.76. The normalized spacial score (nSPS) is 9.18. The minimum atomic E-state index is -0.714. The average molecular weight is 149 g/mol. The maximum atomic E-state index is 10.7. The maximum Gasteiger partial charge on any atom is 0.316 e. The molecule has 0 aliphatic rings. The van der Waals surface area contributed by atoms with Crippen molar-refractivity contribution in [2.24, 2.45) is 5.18 Å². The van der Waals surface area contributed by atoms with Gasteiger partial charge in [0.1, 0.15) is 0 Å². The Kier molecular flexibility index (Phi) is 2.11. The van der Waals surface area contributed by atoms with Crippen molar-refractivity contribution in [2.45, 2.75) is 6.92 Å². The highest BCUT2D eigenvalue weighted by Crippen LogP contribution is 2.04. The van der Waals surface area contributed by atoms with Crippen LogP contribution in [0.4, 0.5) is 0 Å². The summed E-state index contributed by atoms with van der Waals surface area (Å²) in [6.45, 7) is 1.85. The fourth-order valence-electron chi connectivity index (χ4n) is 0.831. The predicted molar refractivity (Wildman–Crippen MR) is 41.3 cm³/mol. The zero-order chi connectivity index (χ0) is 8.27. The number of hydrogen-bond donors (Lipinski definition) is 0. The molecule has 0 saturated carbocycles. The van der Waals surface area contributed by atoms with E-state index >= 15 is 0 Å². The molecular weight excluding hydrogens is 142 g/mol. The Morgan fingerprint density at radius 3 is 2.73 bits per heavy atom. The highest BCUT2D eigenvalue weighted by molar-refractivity contribution is 5.94. The molecule has 3 nitrogen and oxygen atoms in total. The summed E-state index contributed by atoms with van der Waals surface area (Å²) in [5.41, 5.74) is 1.29. The molecule has 0 radical (unpaired) electrons. The van der Waals surface area contributed by atoms with Crippen LogP contribution in [0.15, 0.2) is 29.4 Å². The first-order valence-corrected chi connectivity index (χ1v) is 3.18. The van der Waals surface area contributed by atoms with Gasteiger partial charge in [0.05, 0.1) is 0 Å². The van der Waals surface area contributed by atoms with Crippen molar-refractivity contribution in [2.75, 3.05) is 0 Å². The number of nitroso groups, excluding NO2 is 1. The van der Waals surface area contributed by atoms with Crippen molar-refractivity contribution in [3.8, 4) is 0 Å². The van der Waals surface area contributed by atoms with Gasteiger partial charge in [-0.15, -0.1) is 4.91 Å². The van der Waals surface area contributed by atoms with E-state index in [0.29, 0.717) is 5.56 Å². The van der Waals surface area contributed by atoms with Gasteiger partial charge in [0.2, 0.25) is 0 Å². The molecule has 1 rings (SSSR count). The number of carbonyl (C=O) groups is 1. The van der Waals surface area contributed by atoms with Gasteiger partial charge in [0.25, 0.3) is 0 Å². The summed E-state index contributed by atoms with van der Waals surface area (Å²) < 4.78 is 0. The zero-order valence-electron chi connectivity index (χ0n) is 6.07. The molecule has 0 atom stereocenters. The minimum Gasteiger partial charge on any atom is -0.263 e. The molecule has 0 aliphatic heterocycles. The lowest BCUT2D eigenvalue weighted by Crippen LogP contribution is -1.92. The maximum absolute atomic E-state index is 10.7. The number of nitrogens with zero attached hydrogens (tertiary/aromatic N) is 1. The molecule has 0 saturated heterocycles. The molecule has 0 heterocycles. The number of amides is 1. The van der Waals surface area contributed by atoms with Crippen molar-refractivity contribution >= 4 is 5.91 Å². The quantitative estimate of drug-likeness (QED) is 0.572. The second-order valence-corrected chi connectivity index (χ2v) is 2.27. The van der Waals surface area contributed by atoms with Crippen LogP contribution in [0.1, 0.15) is 15.9 Å². The lowest BCUT2D eigenvalue weighted by molar-refractivity contribution is 0.100. The van der Waals surface area contributed by atoms with E-state index in [9.17, 15) is 9.70 Å². The standard InChI is InChI=1S/C8H7NO2/c1-6-3-2-4-7(5-6)8(10)9-11/h2-5H,1H3. The van der Waals surface area contributed by atoms with E-state index in [1.165, 1.54) is 0 Å². The number of carbonyl (C=O) groups excluding carboxylic acids is 1. The summed E-state index contributed by atoms with van der Waals surface area (Å²) in [5.74, 6) is -0.714. The summed E-state index contributed by atoms with van der Waals surface area (Å²) in [6.07, 6.45) is 0. The molecule has 0 aromatic heterocycles. The van der Waals surface area contributed by atoms with Crippen molar-refractivity contribution in [3.05, 3.63) is 40.3 Å². The van der Waals surface area contributed by atoms with Gasteiger partial charge in [-0.2, -0.15) is 0 Å². The summed E-state index contributed by atoms with van der Waals surface area (Å²) >= 11 is 0. The molecular formula is C8H7NO2. The van der Waals surface area contributed by atoms with Gasteiger partial charge in [-0.1, -0.05) is 17.7 Å². The fraction of sp³-hybridized carbons (Fsp3) is 0.125. The molecule has 0 fully saturated rings. The molecule has 1 amide bonds. The zero-order valence-corrected chi connectivity index (χ0v) is 6.07. The highest BCUT2D eigenvalue weighted by Gasteiger charge is 2.03. The van der Waals surface area contributed by atoms with Crippen LogP contribution in [0.5, 0.6) is 0 Å². The molecule has 0 bridgehead atoms. The third-order valence-electron chi connectivity index (χ3n) is 1.35. The van der Waals surface area contributed by atoms with Gasteiger partial charge < -0.3 is 0 Å².